The third kappa shape index (κ3) is 3.06. The van der Waals surface area contributed by atoms with Crippen LogP contribution in [-0.4, -0.2) is 55.2 Å². The molecule has 1 aliphatic rings. The molecule has 0 N–H and O–H groups in total. The van der Waals surface area contributed by atoms with Crippen LogP contribution in [0.1, 0.15) is 13.8 Å². The Hall–Kier alpha value is -0.320. The number of ether oxygens (including phenoxy) is 2. The van der Waals surface area contributed by atoms with Gasteiger partial charge in [-0.1, -0.05) is 0 Å². The molecule has 0 spiro atoms. The van der Waals surface area contributed by atoms with Gasteiger partial charge >= 0.3 is 0 Å². The van der Waals surface area contributed by atoms with Crippen molar-refractivity contribution in [3.63, 3.8) is 0 Å². The maximum atomic E-state index is 12.0. The van der Waals surface area contributed by atoms with Crippen LogP contribution in [0.2, 0.25) is 0 Å². The van der Waals surface area contributed by atoms with Gasteiger partial charge in [0.15, 0.2) is 6.10 Å². The van der Waals surface area contributed by atoms with Crippen molar-refractivity contribution < 1.29 is 14.3 Å². The summed E-state index contributed by atoms with van der Waals surface area (Å²) in [5, 5.41) is 0. The minimum atomic E-state index is -0.480. The van der Waals surface area contributed by atoms with Crippen molar-refractivity contribution >= 4 is 17.5 Å². The summed E-state index contributed by atoms with van der Waals surface area (Å²) in [6.45, 7) is 5.21. The third-order valence-corrected chi connectivity index (χ3v) is 3.31. The second-order valence-corrected chi connectivity index (χ2v) is 4.54. The van der Waals surface area contributed by atoms with Gasteiger partial charge in [-0.05, 0) is 13.8 Å². The Balaban J connectivity index is 2.58. The predicted molar refractivity (Wildman–Crippen MR) is 58.1 cm³/mol. The van der Waals surface area contributed by atoms with Crippen molar-refractivity contribution in [2.45, 2.75) is 25.5 Å². The lowest BCUT2D eigenvalue weighted by Gasteiger charge is -2.36. The Morgan fingerprint density at radius 3 is 2.67 bits per heavy atom. The smallest absolute Gasteiger partial charge is 0.254 e. The Morgan fingerprint density at radius 2 is 2.20 bits per heavy atom. The van der Waals surface area contributed by atoms with Crippen LogP contribution in [-0.2, 0) is 14.3 Å². The second kappa shape index (κ2) is 5.14. The van der Waals surface area contributed by atoms with E-state index in [1.54, 1.807) is 11.9 Å². The van der Waals surface area contributed by atoms with E-state index in [1.807, 2.05) is 13.8 Å². The lowest BCUT2D eigenvalue weighted by molar-refractivity contribution is -0.160. The molecule has 0 aromatic rings. The number of amides is 1. The first-order valence-electron chi connectivity index (χ1n) is 5.02. The van der Waals surface area contributed by atoms with Crippen molar-refractivity contribution in [3.05, 3.63) is 0 Å². The van der Waals surface area contributed by atoms with E-state index in [-0.39, 0.29) is 11.4 Å². The van der Waals surface area contributed by atoms with Gasteiger partial charge in [0.25, 0.3) is 5.91 Å². The third-order valence-electron chi connectivity index (χ3n) is 2.66. The van der Waals surface area contributed by atoms with Crippen LogP contribution >= 0.6 is 11.6 Å². The molecule has 1 atom stereocenters. The summed E-state index contributed by atoms with van der Waals surface area (Å²) in [7, 11) is 1.74. The zero-order valence-corrected chi connectivity index (χ0v) is 10.2. The minimum absolute atomic E-state index is 0.0691. The fourth-order valence-corrected chi connectivity index (χ4v) is 1.41. The zero-order valence-electron chi connectivity index (χ0n) is 9.46. The summed E-state index contributed by atoms with van der Waals surface area (Å²) in [6, 6.07) is 0. The summed E-state index contributed by atoms with van der Waals surface area (Å²) in [4.78, 5) is 13.6. The minimum Gasteiger partial charge on any atom is -0.376 e. The molecule has 1 heterocycles. The van der Waals surface area contributed by atoms with Crippen LogP contribution in [0.25, 0.3) is 0 Å². The molecule has 5 heteroatoms. The molecule has 1 fully saturated rings. The van der Waals surface area contributed by atoms with Crippen molar-refractivity contribution in [2.75, 3.05) is 32.7 Å². The molecule has 0 aromatic heterocycles. The fraction of sp³-hybridized carbons (Fsp3) is 0.900. The highest BCUT2D eigenvalue weighted by Crippen LogP contribution is 2.17. The fourth-order valence-electron chi connectivity index (χ4n) is 1.23. The van der Waals surface area contributed by atoms with Crippen molar-refractivity contribution in [1.82, 2.24) is 4.90 Å². The predicted octanol–water partition coefficient (Wildman–Crippen LogP) is 0.878. The molecule has 0 aromatic carbocycles. The molecule has 1 rings (SSSR count). The number of alkyl halides is 1. The van der Waals surface area contributed by atoms with Crippen LogP contribution in [0.15, 0.2) is 0 Å². The van der Waals surface area contributed by atoms with Crippen molar-refractivity contribution in [1.29, 1.82) is 0 Å². The normalized spacial score (nSPS) is 22.5. The van der Waals surface area contributed by atoms with Crippen LogP contribution in [0.3, 0.4) is 0 Å². The Morgan fingerprint density at radius 1 is 1.53 bits per heavy atom. The highest BCUT2D eigenvalue weighted by molar-refractivity contribution is 6.18. The van der Waals surface area contributed by atoms with E-state index in [4.69, 9.17) is 21.1 Å². The molecule has 1 unspecified atom stereocenters. The SMILES string of the molecule is CN(C(=O)C1COCCO1)C(C)(C)CCl. The molecule has 0 saturated carbocycles. The van der Waals surface area contributed by atoms with Crippen molar-refractivity contribution in [3.8, 4) is 0 Å². The number of rotatable bonds is 3. The Bertz CT molecular complexity index is 227. The number of halogens is 1. The average molecular weight is 236 g/mol. The molecule has 1 saturated heterocycles. The van der Waals surface area contributed by atoms with E-state index in [0.717, 1.165) is 0 Å². The van der Waals surface area contributed by atoms with Gasteiger partial charge in [-0.2, -0.15) is 0 Å². The Kier molecular flexibility index (Phi) is 4.37. The molecule has 1 amide bonds. The van der Waals surface area contributed by atoms with E-state index < -0.39 is 6.10 Å². The molecular weight excluding hydrogens is 218 g/mol. The highest BCUT2D eigenvalue weighted by Gasteiger charge is 2.33. The zero-order chi connectivity index (χ0) is 11.5. The molecule has 15 heavy (non-hydrogen) atoms. The maximum Gasteiger partial charge on any atom is 0.254 e. The Labute approximate surface area is 95.5 Å². The standard InChI is InChI=1S/C10H18ClNO3/c1-10(2,7-11)12(3)9(13)8-6-14-4-5-15-8/h8H,4-7H2,1-3H3. The maximum absolute atomic E-state index is 12.0. The second-order valence-electron chi connectivity index (χ2n) is 4.28. The van der Waals surface area contributed by atoms with Gasteiger partial charge in [0, 0.05) is 12.9 Å². The largest absolute Gasteiger partial charge is 0.376 e. The summed E-state index contributed by atoms with van der Waals surface area (Å²) in [6.07, 6.45) is -0.480. The van der Waals surface area contributed by atoms with E-state index in [0.29, 0.717) is 25.7 Å². The summed E-state index contributed by atoms with van der Waals surface area (Å²) >= 11 is 5.81. The first-order valence-corrected chi connectivity index (χ1v) is 5.55. The molecule has 88 valence electrons. The first-order chi connectivity index (χ1) is 6.99. The van der Waals surface area contributed by atoms with Crippen LogP contribution in [0.5, 0.6) is 0 Å². The van der Waals surface area contributed by atoms with Crippen molar-refractivity contribution in [2.24, 2.45) is 0 Å². The van der Waals surface area contributed by atoms with Gasteiger partial charge in [0.1, 0.15) is 0 Å². The van der Waals surface area contributed by atoms with Crippen LogP contribution < -0.4 is 0 Å². The highest BCUT2D eigenvalue weighted by atomic mass is 35.5. The van der Waals surface area contributed by atoms with E-state index in [2.05, 4.69) is 0 Å². The van der Waals surface area contributed by atoms with E-state index in [1.165, 1.54) is 0 Å². The quantitative estimate of drug-likeness (QED) is 0.682. The molecule has 4 nitrogen and oxygen atoms in total. The van der Waals surface area contributed by atoms with Gasteiger partial charge in [0.2, 0.25) is 0 Å². The average Bonchev–Trinajstić information content (AvgIpc) is 2.28. The topological polar surface area (TPSA) is 38.8 Å². The number of nitrogens with zero attached hydrogens (tertiary/aromatic N) is 1. The number of carbonyl (C=O) groups is 1. The molecule has 0 aliphatic carbocycles. The number of carbonyl (C=O) groups excluding carboxylic acids is 1. The molecule has 0 bridgehead atoms. The monoisotopic (exact) mass is 235 g/mol. The van der Waals surface area contributed by atoms with Gasteiger partial charge in [-0.25, -0.2) is 0 Å². The number of likely N-dealkylation sites (N-methyl/N-ethyl adjacent to an activating group) is 1. The van der Waals surface area contributed by atoms with Gasteiger partial charge in [-0.15, -0.1) is 11.6 Å². The number of hydrogen-bond donors (Lipinski definition) is 0. The van der Waals surface area contributed by atoms with Gasteiger partial charge < -0.3 is 14.4 Å². The molecule has 0 radical (unpaired) electrons. The van der Waals surface area contributed by atoms with Crippen LogP contribution in [0, 0.1) is 0 Å². The first kappa shape index (κ1) is 12.7. The molecule has 1 aliphatic heterocycles. The molecular formula is C10H18ClNO3. The summed E-state index contributed by atoms with van der Waals surface area (Å²) < 4.78 is 10.5. The summed E-state index contributed by atoms with van der Waals surface area (Å²) in [5.41, 5.74) is -0.362. The van der Waals surface area contributed by atoms with E-state index in [9.17, 15) is 4.79 Å². The van der Waals surface area contributed by atoms with Crippen LogP contribution in [0.4, 0.5) is 0 Å². The van der Waals surface area contributed by atoms with Gasteiger partial charge in [-0.3, -0.25) is 4.79 Å². The number of hydrogen-bond acceptors (Lipinski definition) is 3. The lowest BCUT2D eigenvalue weighted by Crippen LogP contribution is -2.52. The van der Waals surface area contributed by atoms with Gasteiger partial charge in [0.05, 0.1) is 25.4 Å². The van der Waals surface area contributed by atoms with E-state index >= 15 is 0 Å². The summed E-state index contributed by atoms with van der Waals surface area (Å²) in [5.74, 6) is 0.323. The lowest BCUT2D eigenvalue weighted by atomic mass is 10.1.